The molecule has 0 bridgehead atoms. The molecule has 0 aliphatic heterocycles. The third kappa shape index (κ3) is 3.33. The van der Waals surface area contributed by atoms with Gasteiger partial charge >= 0.3 is 0 Å². The summed E-state index contributed by atoms with van der Waals surface area (Å²) in [6.07, 6.45) is 0. The van der Waals surface area contributed by atoms with Gasteiger partial charge in [0.15, 0.2) is 0 Å². The predicted octanol–water partition coefficient (Wildman–Crippen LogP) is 3.71. The van der Waals surface area contributed by atoms with Crippen LogP contribution in [0.3, 0.4) is 0 Å². The van der Waals surface area contributed by atoms with Gasteiger partial charge in [-0.3, -0.25) is 9.59 Å². The summed E-state index contributed by atoms with van der Waals surface area (Å²) in [4.78, 5) is 24.9. The number of rotatable bonds is 4. The molecule has 0 spiro atoms. The van der Waals surface area contributed by atoms with Crippen LogP contribution in [0.4, 0.5) is 5.69 Å². The fraction of sp³-hybridized carbons (Fsp3) is 0.0455. The van der Waals surface area contributed by atoms with Crippen LogP contribution in [0.1, 0.15) is 0 Å². The normalized spacial score (nSPS) is 11.1. The maximum absolute atomic E-state index is 12.6. The van der Waals surface area contributed by atoms with E-state index in [1.54, 1.807) is 18.2 Å². The third-order valence-corrected chi connectivity index (χ3v) is 5.33. The number of hydrogen-bond donors (Lipinski definition) is 1. The smallest absolute Gasteiger partial charge is 0.267 e. The van der Waals surface area contributed by atoms with E-state index in [0.29, 0.717) is 22.4 Å². The van der Waals surface area contributed by atoms with Gasteiger partial charge in [0.05, 0.1) is 23.1 Å². The molecular weight excluding hydrogens is 398 g/mol. The molecule has 3 aromatic carbocycles. The maximum atomic E-state index is 12.6. The number of carbonyl (C=O) groups is 1. The molecule has 146 valence electrons. The number of nitrogens with zero attached hydrogens (tertiary/aromatic N) is 4. The maximum Gasteiger partial charge on any atom is 0.267 e. The Morgan fingerprint density at radius 2 is 1.77 bits per heavy atom. The molecule has 2 heterocycles. The van der Waals surface area contributed by atoms with E-state index in [0.717, 1.165) is 28.1 Å². The molecule has 0 aliphatic carbocycles. The standard InChI is InChI=1S/C22H15N5O2S/c28-20(23-18-9-4-10-19-22(18)26-30-25-19)13-27-21(29)12-11-17(24-27)16-8-3-6-14-5-1-2-7-15(14)16/h1-12H,13H2,(H,23,28). The predicted molar refractivity (Wildman–Crippen MR) is 117 cm³/mol. The fourth-order valence-electron chi connectivity index (χ4n) is 3.39. The molecule has 0 saturated heterocycles. The number of amides is 1. The Bertz CT molecular complexity index is 1450. The number of carbonyl (C=O) groups excluding carboxylic acids is 1. The summed E-state index contributed by atoms with van der Waals surface area (Å²) in [5, 5.41) is 9.36. The Morgan fingerprint density at radius 1 is 0.933 bits per heavy atom. The highest BCUT2D eigenvalue weighted by Gasteiger charge is 2.12. The Kier molecular flexibility index (Phi) is 4.53. The highest BCUT2D eigenvalue weighted by atomic mass is 32.1. The summed E-state index contributed by atoms with van der Waals surface area (Å²) >= 11 is 1.08. The van der Waals surface area contributed by atoms with Crippen LogP contribution in [0.2, 0.25) is 0 Å². The van der Waals surface area contributed by atoms with Gasteiger partial charge in [-0.15, -0.1) is 0 Å². The number of aromatic nitrogens is 4. The first-order chi connectivity index (χ1) is 14.7. The van der Waals surface area contributed by atoms with Gasteiger partial charge in [-0.1, -0.05) is 48.5 Å². The topological polar surface area (TPSA) is 89.8 Å². The van der Waals surface area contributed by atoms with Crippen molar-refractivity contribution in [3.63, 3.8) is 0 Å². The first-order valence-corrected chi connectivity index (χ1v) is 9.99. The summed E-state index contributed by atoms with van der Waals surface area (Å²) in [5.74, 6) is -0.361. The molecule has 0 fully saturated rings. The van der Waals surface area contributed by atoms with Gasteiger partial charge in [-0.2, -0.15) is 13.8 Å². The van der Waals surface area contributed by atoms with E-state index in [9.17, 15) is 9.59 Å². The van der Waals surface area contributed by atoms with Crippen molar-refractivity contribution < 1.29 is 4.79 Å². The first-order valence-electron chi connectivity index (χ1n) is 9.26. The van der Waals surface area contributed by atoms with Gasteiger partial charge in [-0.05, 0) is 29.0 Å². The lowest BCUT2D eigenvalue weighted by Gasteiger charge is -2.10. The van der Waals surface area contributed by atoms with Crippen molar-refractivity contribution in [2.45, 2.75) is 6.54 Å². The van der Waals surface area contributed by atoms with Crippen molar-refractivity contribution in [1.82, 2.24) is 18.5 Å². The second kappa shape index (κ2) is 7.49. The van der Waals surface area contributed by atoms with Crippen LogP contribution < -0.4 is 10.9 Å². The van der Waals surface area contributed by atoms with Crippen molar-refractivity contribution in [2.24, 2.45) is 0 Å². The van der Waals surface area contributed by atoms with E-state index >= 15 is 0 Å². The highest BCUT2D eigenvalue weighted by Crippen LogP contribution is 2.26. The molecule has 0 saturated carbocycles. The zero-order chi connectivity index (χ0) is 20.5. The minimum atomic E-state index is -0.361. The van der Waals surface area contributed by atoms with E-state index in [1.807, 2.05) is 48.5 Å². The molecule has 0 atom stereocenters. The van der Waals surface area contributed by atoms with Crippen LogP contribution in [0.15, 0.2) is 77.6 Å². The lowest BCUT2D eigenvalue weighted by molar-refractivity contribution is -0.117. The lowest BCUT2D eigenvalue weighted by Crippen LogP contribution is -2.29. The molecular formula is C22H15N5O2S. The lowest BCUT2D eigenvalue weighted by atomic mass is 10.0. The van der Waals surface area contributed by atoms with Crippen molar-refractivity contribution in [1.29, 1.82) is 0 Å². The average molecular weight is 413 g/mol. The van der Waals surface area contributed by atoms with Crippen molar-refractivity contribution in [3.05, 3.63) is 83.2 Å². The van der Waals surface area contributed by atoms with Crippen LogP contribution in [0.25, 0.3) is 33.1 Å². The second-order valence-electron chi connectivity index (χ2n) is 6.73. The number of nitrogens with one attached hydrogen (secondary N) is 1. The van der Waals surface area contributed by atoms with Crippen molar-refractivity contribution >= 4 is 45.1 Å². The van der Waals surface area contributed by atoms with Gasteiger partial charge < -0.3 is 5.32 Å². The molecule has 30 heavy (non-hydrogen) atoms. The van der Waals surface area contributed by atoms with Gasteiger partial charge in [0.25, 0.3) is 5.56 Å². The van der Waals surface area contributed by atoms with Crippen LogP contribution in [-0.4, -0.2) is 24.4 Å². The molecule has 0 unspecified atom stereocenters. The van der Waals surface area contributed by atoms with E-state index in [2.05, 4.69) is 19.2 Å². The van der Waals surface area contributed by atoms with Crippen LogP contribution in [-0.2, 0) is 11.3 Å². The van der Waals surface area contributed by atoms with E-state index in [1.165, 1.54) is 10.7 Å². The molecule has 7 nitrogen and oxygen atoms in total. The van der Waals surface area contributed by atoms with Gasteiger partial charge in [0, 0.05) is 11.6 Å². The quantitative estimate of drug-likeness (QED) is 0.485. The number of hydrogen-bond acceptors (Lipinski definition) is 6. The Balaban J connectivity index is 1.46. The summed E-state index contributed by atoms with van der Waals surface area (Å²) < 4.78 is 9.55. The van der Waals surface area contributed by atoms with Crippen molar-refractivity contribution in [3.8, 4) is 11.3 Å². The Labute approximate surface area is 174 Å². The first kappa shape index (κ1) is 18.1. The summed E-state index contributed by atoms with van der Waals surface area (Å²) in [7, 11) is 0. The monoisotopic (exact) mass is 413 g/mol. The molecule has 0 aliphatic rings. The molecule has 0 radical (unpaired) electrons. The number of anilines is 1. The zero-order valence-corrected chi connectivity index (χ0v) is 16.5. The van der Waals surface area contributed by atoms with Gasteiger partial charge in [0.2, 0.25) is 5.91 Å². The molecule has 8 heteroatoms. The average Bonchev–Trinajstić information content (AvgIpc) is 3.25. The molecule has 1 N–H and O–H groups in total. The largest absolute Gasteiger partial charge is 0.322 e. The van der Waals surface area contributed by atoms with E-state index in [-0.39, 0.29) is 18.0 Å². The fourth-order valence-corrected chi connectivity index (χ4v) is 3.94. The molecule has 5 aromatic rings. The number of fused-ring (bicyclic) bond motifs is 2. The minimum absolute atomic E-state index is 0.203. The van der Waals surface area contributed by atoms with Crippen LogP contribution in [0.5, 0.6) is 0 Å². The van der Waals surface area contributed by atoms with Crippen LogP contribution in [0, 0.1) is 0 Å². The minimum Gasteiger partial charge on any atom is -0.322 e. The number of benzene rings is 3. The Morgan fingerprint density at radius 3 is 2.70 bits per heavy atom. The van der Waals surface area contributed by atoms with E-state index in [4.69, 9.17) is 0 Å². The van der Waals surface area contributed by atoms with Gasteiger partial charge in [-0.25, -0.2) is 4.68 Å². The van der Waals surface area contributed by atoms with Crippen molar-refractivity contribution in [2.75, 3.05) is 5.32 Å². The zero-order valence-electron chi connectivity index (χ0n) is 15.6. The molecule has 5 rings (SSSR count). The molecule has 2 aromatic heterocycles. The summed E-state index contributed by atoms with van der Waals surface area (Å²) in [5.41, 5.74) is 3.09. The molecule has 1 amide bonds. The summed E-state index contributed by atoms with van der Waals surface area (Å²) in [6.45, 7) is -0.203. The SMILES string of the molecule is O=C(Cn1nc(-c2cccc3ccccc23)ccc1=O)Nc1cccc2nsnc12. The Hall–Kier alpha value is -3.91. The van der Waals surface area contributed by atoms with Gasteiger partial charge in [0.1, 0.15) is 17.6 Å². The van der Waals surface area contributed by atoms with Crippen LogP contribution >= 0.6 is 11.7 Å². The second-order valence-corrected chi connectivity index (χ2v) is 7.26. The summed E-state index contributed by atoms with van der Waals surface area (Å²) in [6, 6.07) is 22.4. The highest BCUT2D eigenvalue weighted by molar-refractivity contribution is 7.00. The van der Waals surface area contributed by atoms with E-state index < -0.39 is 0 Å². The third-order valence-electron chi connectivity index (χ3n) is 4.79.